The molecule has 0 aliphatic heterocycles. The van der Waals surface area contributed by atoms with Crippen LogP contribution in [0.4, 0.5) is 5.69 Å². The number of methoxy groups -OCH3 is 1. The Bertz CT molecular complexity index is 418. The molecule has 0 atom stereocenters. The van der Waals surface area contributed by atoms with Gasteiger partial charge in [0.1, 0.15) is 12.4 Å². The quantitative estimate of drug-likeness (QED) is 0.465. The molecule has 5 heteroatoms. The van der Waals surface area contributed by atoms with Gasteiger partial charge in [-0.3, -0.25) is 0 Å². The van der Waals surface area contributed by atoms with E-state index >= 15 is 0 Å². The molecule has 1 aromatic rings. The predicted octanol–water partition coefficient (Wildman–Crippen LogP) is 2.11. The molecule has 0 saturated heterocycles. The van der Waals surface area contributed by atoms with Crippen molar-refractivity contribution < 1.29 is 19.0 Å². The first-order chi connectivity index (χ1) is 9.04. The summed E-state index contributed by atoms with van der Waals surface area (Å²) in [7, 11) is 1.52. The summed E-state index contributed by atoms with van der Waals surface area (Å²) in [6.07, 6.45) is 0. The molecule has 106 valence electrons. The summed E-state index contributed by atoms with van der Waals surface area (Å²) in [4.78, 5) is 11.7. The second-order valence-corrected chi connectivity index (χ2v) is 4.56. The van der Waals surface area contributed by atoms with Crippen LogP contribution in [0.15, 0.2) is 18.2 Å². The molecule has 0 aliphatic rings. The van der Waals surface area contributed by atoms with Gasteiger partial charge in [-0.05, 0) is 24.1 Å². The van der Waals surface area contributed by atoms with Gasteiger partial charge in [0.15, 0.2) is 0 Å². The van der Waals surface area contributed by atoms with E-state index in [1.54, 1.807) is 12.1 Å². The molecule has 0 amide bonds. The number of carbonyl (C=O) groups excluding carboxylic acids is 1. The zero-order valence-electron chi connectivity index (χ0n) is 11.6. The van der Waals surface area contributed by atoms with Crippen molar-refractivity contribution >= 4 is 11.7 Å². The highest BCUT2D eigenvalue weighted by Crippen LogP contribution is 2.22. The van der Waals surface area contributed by atoms with Gasteiger partial charge in [0.2, 0.25) is 0 Å². The van der Waals surface area contributed by atoms with Gasteiger partial charge in [-0.15, -0.1) is 0 Å². The van der Waals surface area contributed by atoms with Crippen LogP contribution < -0.4 is 10.5 Å². The van der Waals surface area contributed by atoms with Crippen molar-refractivity contribution in [1.29, 1.82) is 0 Å². The molecule has 0 fully saturated rings. The van der Waals surface area contributed by atoms with E-state index in [1.807, 2.05) is 0 Å². The molecule has 0 aromatic heterocycles. The molecule has 19 heavy (non-hydrogen) atoms. The Morgan fingerprint density at radius 2 is 2.05 bits per heavy atom. The molecule has 0 heterocycles. The second-order valence-electron chi connectivity index (χ2n) is 4.56. The fraction of sp³-hybridized carbons (Fsp3) is 0.500. The van der Waals surface area contributed by atoms with Gasteiger partial charge in [-0.25, -0.2) is 4.79 Å². The van der Waals surface area contributed by atoms with Gasteiger partial charge in [0.05, 0.1) is 25.0 Å². The summed E-state index contributed by atoms with van der Waals surface area (Å²) in [5.74, 6) is 0.594. The number of hydrogen-bond donors (Lipinski definition) is 1. The predicted molar refractivity (Wildman–Crippen MR) is 73.3 cm³/mol. The molecule has 1 aromatic carbocycles. The first kappa shape index (κ1) is 15.3. The third kappa shape index (κ3) is 5.18. The van der Waals surface area contributed by atoms with Crippen LogP contribution in [0, 0.1) is 5.92 Å². The molecule has 0 spiro atoms. The molecule has 2 N–H and O–H groups in total. The van der Waals surface area contributed by atoms with E-state index in [2.05, 4.69) is 13.8 Å². The van der Waals surface area contributed by atoms with Crippen LogP contribution in [-0.2, 0) is 9.47 Å². The monoisotopic (exact) mass is 267 g/mol. The highest BCUT2D eigenvalue weighted by molar-refractivity contribution is 5.91. The zero-order chi connectivity index (χ0) is 14.3. The second kappa shape index (κ2) is 7.63. The molecule has 0 bridgehead atoms. The van der Waals surface area contributed by atoms with E-state index in [4.69, 9.17) is 19.9 Å². The Labute approximate surface area is 113 Å². The van der Waals surface area contributed by atoms with Crippen molar-refractivity contribution in [2.45, 2.75) is 13.8 Å². The summed E-state index contributed by atoms with van der Waals surface area (Å²) in [5.41, 5.74) is 6.54. The van der Waals surface area contributed by atoms with Crippen LogP contribution in [-0.4, -0.2) is 32.9 Å². The van der Waals surface area contributed by atoms with Crippen LogP contribution >= 0.6 is 0 Å². The minimum atomic E-state index is -0.414. The Morgan fingerprint density at radius 1 is 1.32 bits per heavy atom. The van der Waals surface area contributed by atoms with Crippen molar-refractivity contribution in [3.8, 4) is 5.75 Å². The van der Waals surface area contributed by atoms with Gasteiger partial charge < -0.3 is 19.9 Å². The standard InChI is InChI=1S/C14H21NO4/c1-10(2)9-18-6-7-19-14(16)11-4-5-13(17-3)12(15)8-11/h4-5,8,10H,6-7,9,15H2,1-3H3. The number of hydrogen-bond acceptors (Lipinski definition) is 5. The summed E-state index contributed by atoms with van der Waals surface area (Å²) >= 11 is 0. The molecular weight excluding hydrogens is 246 g/mol. The molecule has 5 nitrogen and oxygen atoms in total. The molecule has 0 saturated carbocycles. The van der Waals surface area contributed by atoms with Gasteiger partial charge in [-0.2, -0.15) is 0 Å². The average Bonchev–Trinajstić information content (AvgIpc) is 2.37. The Hall–Kier alpha value is -1.75. The van der Waals surface area contributed by atoms with Crippen molar-refractivity contribution in [3.63, 3.8) is 0 Å². The van der Waals surface area contributed by atoms with Crippen LogP contribution in [0.1, 0.15) is 24.2 Å². The molecule has 1 rings (SSSR count). The smallest absolute Gasteiger partial charge is 0.338 e. The van der Waals surface area contributed by atoms with Crippen molar-refractivity contribution in [2.24, 2.45) is 5.92 Å². The third-order valence-corrected chi connectivity index (χ3v) is 2.38. The number of nitrogen functional groups attached to an aromatic ring is 1. The van der Waals surface area contributed by atoms with E-state index in [9.17, 15) is 4.79 Å². The summed E-state index contributed by atoms with van der Waals surface area (Å²) in [5, 5.41) is 0. The number of benzene rings is 1. The van der Waals surface area contributed by atoms with Crippen LogP contribution in [0.2, 0.25) is 0 Å². The van der Waals surface area contributed by atoms with Crippen molar-refractivity contribution in [2.75, 3.05) is 32.7 Å². The normalized spacial score (nSPS) is 10.5. The molecule has 0 unspecified atom stereocenters. The summed E-state index contributed by atoms with van der Waals surface area (Å²) in [6, 6.07) is 4.80. The summed E-state index contributed by atoms with van der Waals surface area (Å²) in [6.45, 7) is 5.42. The number of rotatable bonds is 7. The third-order valence-electron chi connectivity index (χ3n) is 2.38. The van der Waals surface area contributed by atoms with Crippen molar-refractivity contribution in [1.82, 2.24) is 0 Å². The van der Waals surface area contributed by atoms with Crippen LogP contribution in [0.25, 0.3) is 0 Å². The number of esters is 1. The van der Waals surface area contributed by atoms with E-state index in [0.717, 1.165) is 0 Å². The highest BCUT2D eigenvalue weighted by Gasteiger charge is 2.09. The van der Waals surface area contributed by atoms with Gasteiger partial charge >= 0.3 is 5.97 Å². The van der Waals surface area contributed by atoms with Gasteiger partial charge in [-0.1, -0.05) is 13.8 Å². The maximum absolute atomic E-state index is 11.7. The van der Waals surface area contributed by atoms with Crippen LogP contribution in [0.5, 0.6) is 5.75 Å². The first-order valence-corrected chi connectivity index (χ1v) is 6.23. The number of anilines is 1. The Kier molecular flexibility index (Phi) is 6.15. The van der Waals surface area contributed by atoms with Gasteiger partial charge in [0.25, 0.3) is 0 Å². The van der Waals surface area contributed by atoms with E-state index in [1.165, 1.54) is 13.2 Å². The van der Waals surface area contributed by atoms with E-state index < -0.39 is 5.97 Å². The average molecular weight is 267 g/mol. The van der Waals surface area contributed by atoms with Crippen LogP contribution in [0.3, 0.4) is 0 Å². The lowest BCUT2D eigenvalue weighted by Crippen LogP contribution is -2.13. The van der Waals surface area contributed by atoms with E-state index in [0.29, 0.717) is 36.1 Å². The van der Waals surface area contributed by atoms with Crippen molar-refractivity contribution in [3.05, 3.63) is 23.8 Å². The number of nitrogens with two attached hydrogens (primary N) is 1. The first-order valence-electron chi connectivity index (χ1n) is 6.23. The molecular formula is C14H21NO4. The SMILES string of the molecule is COc1ccc(C(=O)OCCOCC(C)C)cc1N. The maximum atomic E-state index is 11.7. The molecule has 0 radical (unpaired) electrons. The highest BCUT2D eigenvalue weighted by atomic mass is 16.6. The lowest BCUT2D eigenvalue weighted by Gasteiger charge is -2.09. The Balaban J connectivity index is 2.39. The lowest BCUT2D eigenvalue weighted by atomic mass is 10.2. The summed E-state index contributed by atoms with van der Waals surface area (Å²) < 4.78 is 15.4. The number of carbonyl (C=O) groups is 1. The lowest BCUT2D eigenvalue weighted by molar-refractivity contribution is 0.0277. The largest absolute Gasteiger partial charge is 0.495 e. The minimum Gasteiger partial charge on any atom is -0.495 e. The Morgan fingerprint density at radius 3 is 2.63 bits per heavy atom. The fourth-order valence-corrected chi connectivity index (χ4v) is 1.46. The minimum absolute atomic E-state index is 0.234. The topological polar surface area (TPSA) is 70.8 Å². The number of ether oxygens (including phenoxy) is 3. The molecule has 0 aliphatic carbocycles. The zero-order valence-corrected chi connectivity index (χ0v) is 11.6. The van der Waals surface area contributed by atoms with Gasteiger partial charge in [0, 0.05) is 6.61 Å². The maximum Gasteiger partial charge on any atom is 0.338 e. The fourth-order valence-electron chi connectivity index (χ4n) is 1.46. The van der Waals surface area contributed by atoms with E-state index in [-0.39, 0.29) is 6.61 Å².